The summed E-state index contributed by atoms with van der Waals surface area (Å²) < 4.78 is 1.11. The molecule has 1 heterocycles. The van der Waals surface area contributed by atoms with Crippen molar-refractivity contribution in [2.75, 3.05) is 0 Å². The van der Waals surface area contributed by atoms with Gasteiger partial charge in [0.15, 0.2) is 0 Å². The van der Waals surface area contributed by atoms with Crippen LogP contribution < -0.4 is 5.73 Å². The Morgan fingerprint density at radius 2 is 2.12 bits per heavy atom. The van der Waals surface area contributed by atoms with Gasteiger partial charge in [-0.15, -0.1) is 11.3 Å². The fourth-order valence-electron chi connectivity index (χ4n) is 1.80. The molecule has 90 valence electrons. The summed E-state index contributed by atoms with van der Waals surface area (Å²) in [6.45, 7) is 2.18. The van der Waals surface area contributed by atoms with Crippen molar-refractivity contribution < 1.29 is 0 Å². The molecule has 2 N–H and O–H groups in total. The minimum Gasteiger partial charge on any atom is -0.323 e. The summed E-state index contributed by atoms with van der Waals surface area (Å²) in [5.74, 6) is 0. The number of hydrogen-bond donors (Lipinski definition) is 1. The van der Waals surface area contributed by atoms with Gasteiger partial charge in [-0.3, -0.25) is 0 Å². The highest BCUT2D eigenvalue weighted by molar-refractivity contribution is 9.10. The number of halogens is 1. The lowest BCUT2D eigenvalue weighted by molar-refractivity contribution is 0.736. The van der Waals surface area contributed by atoms with Crippen LogP contribution in [0, 0.1) is 0 Å². The van der Waals surface area contributed by atoms with Crippen molar-refractivity contribution >= 4 is 27.3 Å². The van der Waals surface area contributed by atoms with E-state index < -0.39 is 0 Å². The third-order valence-electron chi connectivity index (χ3n) is 2.74. The van der Waals surface area contributed by atoms with Crippen molar-refractivity contribution in [1.29, 1.82) is 0 Å². The van der Waals surface area contributed by atoms with Crippen molar-refractivity contribution in [3.63, 3.8) is 0 Å². The van der Waals surface area contributed by atoms with Crippen LogP contribution in [0.3, 0.4) is 0 Å². The molecule has 17 heavy (non-hydrogen) atoms. The molecule has 0 saturated heterocycles. The lowest BCUT2D eigenvalue weighted by Crippen LogP contribution is -2.11. The summed E-state index contributed by atoms with van der Waals surface area (Å²) in [6, 6.07) is 12.8. The first-order valence-corrected chi connectivity index (χ1v) is 7.38. The predicted octanol–water partition coefficient (Wildman–Crippen LogP) is 4.32. The molecule has 0 amide bonds. The topological polar surface area (TPSA) is 26.0 Å². The molecular weight excluding hydrogens is 294 g/mol. The van der Waals surface area contributed by atoms with E-state index in [9.17, 15) is 0 Å². The molecule has 1 nitrogen and oxygen atoms in total. The van der Waals surface area contributed by atoms with Crippen LogP contribution in [-0.2, 0) is 12.8 Å². The van der Waals surface area contributed by atoms with E-state index in [1.54, 1.807) is 0 Å². The van der Waals surface area contributed by atoms with Crippen molar-refractivity contribution in [1.82, 2.24) is 0 Å². The molecule has 2 aromatic rings. The van der Waals surface area contributed by atoms with E-state index in [0.29, 0.717) is 0 Å². The molecular formula is C14H16BrNS. The molecule has 0 saturated carbocycles. The van der Waals surface area contributed by atoms with Crippen LogP contribution in [0.25, 0.3) is 0 Å². The number of nitrogens with two attached hydrogens (primary N) is 1. The molecule has 1 unspecified atom stereocenters. The van der Waals surface area contributed by atoms with Crippen LogP contribution >= 0.6 is 27.3 Å². The Morgan fingerprint density at radius 3 is 2.76 bits per heavy atom. The maximum Gasteiger partial charge on any atom is 0.0430 e. The van der Waals surface area contributed by atoms with Gasteiger partial charge in [-0.1, -0.05) is 35.0 Å². The summed E-state index contributed by atoms with van der Waals surface area (Å²) >= 11 is 5.31. The second-order valence-electron chi connectivity index (χ2n) is 4.10. The first-order valence-electron chi connectivity index (χ1n) is 5.77. The minimum atomic E-state index is 0.106. The quantitative estimate of drug-likeness (QED) is 0.894. The monoisotopic (exact) mass is 309 g/mol. The average molecular weight is 310 g/mol. The maximum atomic E-state index is 6.24. The Morgan fingerprint density at radius 1 is 1.29 bits per heavy atom. The molecule has 1 atom stereocenters. The van der Waals surface area contributed by atoms with Gasteiger partial charge in [0.05, 0.1) is 0 Å². The van der Waals surface area contributed by atoms with Gasteiger partial charge in [-0.2, -0.15) is 0 Å². The van der Waals surface area contributed by atoms with Gasteiger partial charge < -0.3 is 5.73 Å². The SMILES string of the molecule is CCc1ccc(C(N)Cc2cccc(Br)c2)s1. The van der Waals surface area contributed by atoms with Crippen LogP contribution in [-0.4, -0.2) is 0 Å². The van der Waals surface area contributed by atoms with Crippen molar-refractivity contribution in [2.45, 2.75) is 25.8 Å². The van der Waals surface area contributed by atoms with E-state index in [2.05, 4.69) is 53.2 Å². The smallest absolute Gasteiger partial charge is 0.0430 e. The molecule has 3 heteroatoms. The Hall–Kier alpha value is -0.640. The van der Waals surface area contributed by atoms with Gasteiger partial charge in [0.2, 0.25) is 0 Å². The average Bonchev–Trinajstić information content (AvgIpc) is 2.77. The normalized spacial score (nSPS) is 12.6. The van der Waals surface area contributed by atoms with Crippen molar-refractivity contribution in [3.8, 4) is 0 Å². The number of benzene rings is 1. The fourth-order valence-corrected chi connectivity index (χ4v) is 3.20. The van der Waals surface area contributed by atoms with Crippen LogP contribution in [0.1, 0.15) is 28.3 Å². The highest BCUT2D eigenvalue weighted by Gasteiger charge is 2.09. The predicted molar refractivity (Wildman–Crippen MR) is 78.5 cm³/mol. The number of hydrogen-bond acceptors (Lipinski definition) is 2. The molecule has 0 aliphatic carbocycles. The second kappa shape index (κ2) is 5.80. The zero-order valence-corrected chi connectivity index (χ0v) is 12.2. The Labute approximate surface area is 115 Å². The molecule has 0 radical (unpaired) electrons. The highest BCUT2D eigenvalue weighted by atomic mass is 79.9. The largest absolute Gasteiger partial charge is 0.323 e. The summed E-state index contributed by atoms with van der Waals surface area (Å²) in [5.41, 5.74) is 7.52. The number of aryl methyl sites for hydroxylation is 1. The van der Waals surface area contributed by atoms with Gasteiger partial charge in [-0.25, -0.2) is 0 Å². The van der Waals surface area contributed by atoms with E-state index in [-0.39, 0.29) is 6.04 Å². The van der Waals surface area contributed by atoms with E-state index >= 15 is 0 Å². The zero-order chi connectivity index (χ0) is 12.3. The minimum absolute atomic E-state index is 0.106. The molecule has 0 fully saturated rings. The Balaban J connectivity index is 2.08. The fraction of sp³-hybridized carbons (Fsp3) is 0.286. The van der Waals surface area contributed by atoms with Crippen LogP contribution in [0.2, 0.25) is 0 Å². The summed E-state index contributed by atoms with van der Waals surface area (Å²) in [7, 11) is 0. The Kier molecular flexibility index (Phi) is 4.37. The van der Waals surface area contributed by atoms with E-state index in [4.69, 9.17) is 5.73 Å². The van der Waals surface area contributed by atoms with E-state index in [1.165, 1.54) is 15.3 Å². The third kappa shape index (κ3) is 3.41. The Bertz CT molecular complexity index is 492. The van der Waals surface area contributed by atoms with E-state index in [0.717, 1.165) is 17.3 Å². The number of rotatable bonds is 4. The van der Waals surface area contributed by atoms with Crippen LogP contribution in [0.4, 0.5) is 0 Å². The molecule has 0 aliphatic heterocycles. The van der Waals surface area contributed by atoms with Gasteiger partial charge in [0.1, 0.15) is 0 Å². The van der Waals surface area contributed by atoms with E-state index in [1.807, 2.05) is 17.4 Å². The third-order valence-corrected chi connectivity index (χ3v) is 4.60. The van der Waals surface area contributed by atoms with Gasteiger partial charge in [0, 0.05) is 20.3 Å². The van der Waals surface area contributed by atoms with Crippen LogP contribution in [0.5, 0.6) is 0 Å². The first kappa shape index (κ1) is 12.8. The van der Waals surface area contributed by atoms with Crippen LogP contribution in [0.15, 0.2) is 40.9 Å². The lowest BCUT2D eigenvalue weighted by Gasteiger charge is -2.09. The summed E-state index contributed by atoms with van der Waals surface area (Å²) in [6.07, 6.45) is 1.98. The standard InChI is InChI=1S/C14H16BrNS/c1-2-12-6-7-14(17-12)13(16)9-10-4-3-5-11(15)8-10/h3-8,13H,2,9,16H2,1H3. The van der Waals surface area contributed by atoms with Crippen molar-refractivity contribution in [2.24, 2.45) is 5.73 Å². The molecule has 0 spiro atoms. The highest BCUT2D eigenvalue weighted by Crippen LogP contribution is 2.25. The maximum absolute atomic E-state index is 6.24. The molecule has 0 aliphatic rings. The summed E-state index contributed by atoms with van der Waals surface area (Å²) in [5, 5.41) is 0. The van der Waals surface area contributed by atoms with Gasteiger partial charge in [0.25, 0.3) is 0 Å². The second-order valence-corrected chi connectivity index (χ2v) is 6.21. The molecule has 0 bridgehead atoms. The van der Waals surface area contributed by atoms with Gasteiger partial charge >= 0.3 is 0 Å². The number of thiophene rings is 1. The first-order chi connectivity index (χ1) is 8.19. The van der Waals surface area contributed by atoms with Gasteiger partial charge in [-0.05, 0) is 42.7 Å². The molecule has 1 aromatic heterocycles. The lowest BCUT2D eigenvalue weighted by atomic mass is 10.1. The van der Waals surface area contributed by atoms with Crippen molar-refractivity contribution in [3.05, 3.63) is 56.2 Å². The summed E-state index contributed by atoms with van der Waals surface area (Å²) in [4.78, 5) is 2.69. The molecule has 2 rings (SSSR count). The molecule has 1 aromatic carbocycles. The zero-order valence-electron chi connectivity index (χ0n) is 9.82.